The number of rotatable bonds is 7. The third-order valence-electron chi connectivity index (χ3n) is 4.20. The van der Waals surface area contributed by atoms with Crippen LogP contribution in [0.25, 0.3) is 0 Å². The van der Waals surface area contributed by atoms with Gasteiger partial charge in [0.1, 0.15) is 0 Å². The zero-order chi connectivity index (χ0) is 20.7. The Hall–Kier alpha value is -2.71. The Bertz CT molecular complexity index is 938. The summed E-state index contributed by atoms with van der Waals surface area (Å²) in [5, 5.41) is 0. The quantitative estimate of drug-likeness (QED) is 0.694. The van der Waals surface area contributed by atoms with Crippen LogP contribution in [-0.4, -0.2) is 38.6 Å². The van der Waals surface area contributed by atoms with Crippen molar-refractivity contribution in [3.8, 4) is 0 Å². The minimum absolute atomic E-state index is 0.000792. The molecule has 8 heteroatoms. The Balaban J connectivity index is 2.01. The van der Waals surface area contributed by atoms with E-state index in [2.05, 4.69) is 17.8 Å². The van der Waals surface area contributed by atoms with Gasteiger partial charge in [0.15, 0.2) is 0 Å². The van der Waals surface area contributed by atoms with Gasteiger partial charge in [-0.1, -0.05) is 31.5 Å². The lowest BCUT2D eigenvalue weighted by atomic mass is 10.1. The molecule has 0 aromatic heterocycles. The minimum Gasteiger partial charge on any atom is -0.267 e. The molecule has 2 aromatic carbocycles. The van der Waals surface area contributed by atoms with Gasteiger partial charge < -0.3 is 0 Å². The second-order valence-corrected chi connectivity index (χ2v) is 8.68. The van der Waals surface area contributed by atoms with Crippen molar-refractivity contribution in [2.75, 3.05) is 14.1 Å². The molecule has 2 amide bonds. The van der Waals surface area contributed by atoms with Crippen LogP contribution in [0.2, 0.25) is 0 Å². The lowest BCUT2D eigenvalue weighted by Gasteiger charge is -2.12. The fourth-order valence-corrected chi connectivity index (χ4v) is 3.42. The number of hydrazine groups is 1. The molecule has 2 aromatic rings. The highest BCUT2D eigenvalue weighted by atomic mass is 32.2. The Morgan fingerprint density at radius 3 is 2.11 bits per heavy atom. The first-order valence-corrected chi connectivity index (χ1v) is 10.4. The number of sulfonamides is 1. The highest BCUT2D eigenvalue weighted by Gasteiger charge is 2.19. The first kappa shape index (κ1) is 21.6. The van der Waals surface area contributed by atoms with Gasteiger partial charge in [0, 0.05) is 25.2 Å². The Morgan fingerprint density at radius 2 is 1.54 bits per heavy atom. The van der Waals surface area contributed by atoms with Crippen molar-refractivity contribution in [2.45, 2.75) is 31.1 Å². The summed E-state index contributed by atoms with van der Waals surface area (Å²) in [6, 6.07) is 12.8. The first-order valence-electron chi connectivity index (χ1n) is 8.98. The van der Waals surface area contributed by atoms with Crippen LogP contribution in [0.5, 0.6) is 0 Å². The number of carbonyl (C=O) groups is 2. The number of aryl methyl sites for hydroxylation is 1. The second-order valence-electron chi connectivity index (χ2n) is 6.52. The molecule has 0 saturated carbocycles. The molecule has 2 N–H and O–H groups in total. The van der Waals surface area contributed by atoms with Crippen LogP contribution in [0, 0.1) is 0 Å². The highest BCUT2D eigenvalue weighted by molar-refractivity contribution is 7.89. The normalized spacial score (nSPS) is 11.3. The van der Waals surface area contributed by atoms with Gasteiger partial charge in [-0.3, -0.25) is 20.4 Å². The molecule has 0 saturated heterocycles. The predicted octanol–water partition coefficient (Wildman–Crippen LogP) is 2.35. The molecular formula is C20H25N3O4S. The van der Waals surface area contributed by atoms with Crippen molar-refractivity contribution in [1.29, 1.82) is 0 Å². The molecule has 0 spiro atoms. The number of nitrogens with zero attached hydrogens (tertiary/aromatic N) is 1. The predicted molar refractivity (Wildman–Crippen MR) is 107 cm³/mol. The van der Waals surface area contributed by atoms with E-state index in [1.165, 1.54) is 38.4 Å². The lowest BCUT2D eigenvalue weighted by Crippen LogP contribution is -2.41. The Morgan fingerprint density at radius 1 is 0.929 bits per heavy atom. The number of hydrogen-bond acceptors (Lipinski definition) is 4. The van der Waals surface area contributed by atoms with Crippen LogP contribution in [0.3, 0.4) is 0 Å². The summed E-state index contributed by atoms with van der Waals surface area (Å²) in [5.74, 6) is -1.06. The van der Waals surface area contributed by atoms with E-state index < -0.39 is 21.8 Å². The van der Waals surface area contributed by atoms with Gasteiger partial charge >= 0.3 is 0 Å². The van der Waals surface area contributed by atoms with E-state index in [1.54, 1.807) is 12.1 Å². The fraction of sp³-hybridized carbons (Fsp3) is 0.300. The van der Waals surface area contributed by atoms with Gasteiger partial charge in [0.05, 0.1) is 4.90 Å². The minimum atomic E-state index is -3.65. The van der Waals surface area contributed by atoms with E-state index in [0.717, 1.165) is 29.1 Å². The number of carbonyl (C=O) groups excluding carboxylic acids is 2. The van der Waals surface area contributed by atoms with Crippen molar-refractivity contribution < 1.29 is 18.0 Å². The number of nitrogens with one attached hydrogen (secondary N) is 2. The molecule has 2 rings (SSSR count). The average Bonchev–Trinajstić information content (AvgIpc) is 2.70. The summed E-state index contributed by atoms with van der Waals surface area (Å²) in [5.41, 5.74) is 6.35. The molecule has 0 heterocycles. The van der Waals surface area contributed by atoms with Gasteiger partial charge in [0.25, 0.3) is 11.8 Å². The third-order valence-corrected chi connectivity index (χ3v) is 6.01. The van der Waals surface area contributed by atoms with E-state index in [1.807, 2.05) is 12.1 Å². The van der Waals surface area contributed by atoms with Crippen molar-refractivity contribution in [3.05, 3.63) is 65.2 Å². The number of benzene rings is 2. The second kappa shape index (κ2) is 9.48. The Labute approximate surface area is 165 Å². The van der Waals surface area contributed by atoms with Crippen molar-refractivity contribution in [2.24, 2.45) is 0 Å². The molecule has 0 unspecified atom stereocenters. The van der Waals surface area contributed by atoms with E-state index in [9.17, 15) is 18.0 Å². The molecule has 0 fully saturated rings. The van der Waals surface area contributed by atoms with Crippen molar-refractivity contribution in [1.82, 2.24) is 15.2 Å². The van der Waals surface area contributed by atoms with Crippen LogP contribution in [0.4, 0.5) is 0 Å². The highest BCUT2D eigenvalue weighted by Crippen LogP contribution is 2.14. The van der Waals surface area contributed by atoms with Crippen molar-refractivity contribution in [3.63, 3.8) is 0 Å². The van der Waals surface area contributed by atoms with Gasteiger partial charge in [-0.2, -0.15) is 0 Å². The molecule has 7 nitrogen and oxygen atoms in total. The van der Waals surface area contributed by atoms with Gasteiger partial charge in [0.2, 0.25) is 10.0 Å². The summed E-state index contributed by atoms with van der Waals surface area (Å²) in [6.45, 7) is 2.12. The maximum atomic E-state index is 12.3. The monoisotopic (exact) mass is 403 g/mol. The van der Waals surface area contributed by atoms with E-state index >= 15 is 0 Å². The molecule has 28 heavy (non-hydrogen) atoms. The standard InChI is InChI=1S/C20H25N3O4S/c1-4-5-7-15-10-12-16(13-11-15)19(24)21-22-20(25)17-8-6-9-18(14-17)28(26,27)23(2)3/h6,8-14H,4-5,7H2,1-3H3,(H,21,24)(H,22,25). The molecule has 150 valence electrons. The van der Waals surface area contributed by atoms with Crippen LogP contribution in [0.15, 0.2) is 53.4 Å². The first-order chi connectivity index (χ1) is 13.3. The molecule has 0 bridgehead atoms. The summed E-state index contributed by atoms with van der Waals surface area (Å²) < 4.78 is 25.4. The topological polar surface area (TPSA) is 95.6 Å². The van der Waals surface area contributed by atoms with Crippen LogP contribution in [-0.2, 0) is 16.4 Å². The number of hydrogen-bond donors (Lipinski definition) is 2. The van der Waals surface area contributed by atoms with Crippen molar-refractivity contribution >= 4 is 21.8 Å². The largest absolute Gasteiger partial charge is 0.269 e. The molecule has 0 aliphatic heterocycles. The van der Waals surface area contributed by atoms with E-state index in [0.29, 0.717) is 5.56 Å². The van der Waals surface area contributed by atoms with Gasteiger partial charge in [-0.15, -0.1) is 0 Å². The zero-order valence-corrected chi connectivity index (χ0v) is 17.0. The van der Waals surface area contributed by atoms with E-state index in [4.69, 9.17) is 0 Å². The van der Waals surface area contributed by atoms with Crippen LogP contribution >= 0.6 is 0 Å². The summed E-state index contributed by atoms with van der Waals surface area (Å²) in [7, 11) is -0.827. The third kappa shape index (κ3) is 5.40. The number of amides is 2. The zero-order valence-electron chi connectivity index (χ0n) is 16.2. The number of unbranched alkanes of at least 4 members (excludes halogenated alkanes) is 1. The Kier molecular flexibility index (Phi) is 7.31. The van der Waals surface area contributed by atoms with Gasteiger partial charge in [-0.05, 0) is 48.7 Å². The summed E-state index contributed by atoms with van der Waals surface area (Å²) >= 11 is 0. The SMILES string of the molecule is CCCCc1ccc(C(=O)NNC(=O)c2cccc(S(=O)(=O)N(C)C)c2)cc1. The van der Waals surface area contributed by atoms with Gasteiger partial charge in [-0.25, -0.2) is 12.7 Å². The maximum absolute atomic E-state index is 12.3. The van der Waals surface area contributed by atoms with E-state index in [-0.39, 0.29) is 10.5 Å². The maximum Gasteiger partial charge on any atom is 0.269 e. The molecule has 0 atom stereocenters. The molecule has 0 aliphatic rings. The van der Waals surface area contributed by atoms with Crippen LogP contribution in [0.1, 0.15) is 46.0 Å². The molecule has 0 aliphatic carbocycles. The van der Waals surface area contributed by atoms with Crippen LogP contribution < -0.4 is 10.9 Å². The smallest absolute Gasteiger partial charge is 0.267 e. The lowest BCUT2D eigenvalue weighted by molar-refractivity contribution is 0.0846. The average molecular weight is 404 g/mol. The summed E-state index contributed by atoms with van der Waals surface area (Å²) in [6.07, 6.45) is 3.15. The fourth-order valence-electron chi connectivity index (χ4n) is 2.47. The summed E-state index contributed by atoms with van der Waals surface area (Å²) in [4.78, 5) is 24.5. The molecule has 0 radical (unpaired) electrons. The molecular weight excluding hydrogens is 378 g/mol.